The first-order valence-corrected chi connectivity index (χ1v) is 15.7. The molecule has 10 heteroatoms. The number of benzene rings is 2. The van der Waals surface area contributed by atoms with E-state index in [1.807, 2.05) is 43.3 Å². The van der Waals surface area contributed by atoms with Gasteiger partial charge in [0.25, 0.3) is 13.9 Å². The monoisotopic (exact) mass is 569 g/mol. The van der Waals surface area contributed by atoms with Crippen molar-refractivity contribution in [1.29, 1.82) is 0 Å². The molecule has 3 aromatic rings. The Kier molecular flexibility index (Phi) is 9.26. The zero-order valence-electron chi connectivity index (χ0n) is 23.8. The number of nitrogens with zero attached hydrogens (tertiary/aromatic N) is 2. The van der Waals surface area contributed by atoms with Crippen molar-refractivity contribution in [3.63, 3.8) is 0 Å². The molecule has 8 nitrogen and oxygen atoms in total. The number of nitrogens with one attached hydrogen (secondary N) is 1. The highest BCUT2D eigenvalue weighted by Crippen LogP contribution is 2.39. The van der Waals surface area contributed by atoms with Crippen LogP contribution in [0.25, 0.3) is 0 Å². The second-order valence-electron chi connectivity index (χ2n) is 11.5. The van der Waals surface area contributed by atoms with Gasteiger partial charge in [0.1, 0.15) is 6.10 Å². The third-order valence-electron chi connectivity index (χ3n) is 7.68. The van der Waals surface area contributed by atoms with Crippen LogP contribution in [0.1, 0.15) is 52.3 Å². The molecule has 1 aliphatic rings. The molecule has 2 N–H and O–H groups in total. The average molecular weight is 570 g/mol. The molecule has 4 rings (SSSR count). The summed E-state index contributed by atoms with van der Waals surface area (Å²) in [6, 6.07) is 19.1. The van der Waals surface area contributed by atoms with Crippen molar-refractivity contribution >= 4 is 18.7 Å². The van der Waals surface area contributed by atoms with Crippen LogP contribution in [0.4, 0.5) is 4.39 Å². The van der Waals surface area contributed by atoms with E-state index in [1.54, 1.807) is 0 Å². The van der Waals surface area contributed by atoms with Gasteiger partial charge >= 0.3 is 5.69 Å². The predicted octanol–water partition coefficient (Wildman–Crippen LogP) is 3.52. The van der Waals surface area contributed by atoms with Gasteiger partial charge < -0.3 is 14.4 Å². The fourth-order valence-corrected chi connectivity index (χ4v) is 10.2. The number of unbranched alkanes of at least 4 members (excludes halogenated alkanes) is 1. The van der Waals surface area contributed by atoms with E-state index in [4.69, 9.17) is 9.16 Å². The number of aryl methyl sites for hydroxylation is 1. The van der Waals surface area contributed by atoms with Crippen LogP contribution in [0.3, 0.4) is 0 Å². The molecule has 0 spiro atoms. The molecule has 0 bridgehead atoms. The van der Waals surface area contributed by atoms with Crippen LogP contribution in [0.5, 0.6) is 0 Å². The fourth-order valence-electron chi connectivity index (χ4n) is 5.63. The van der Waals surface area contributed by atoms with Crippen LogP contribution in [0.2, 0.25) is 5.04 Å². The highest BCUT2D eigenvalue weighted by Gasteiger charge is 2.54. The first-order chi connectivity index (χ1) is 19.0. The van der Waals surface area contributed by atoms with Crippen LogP contribution >= 0.6 is 0 Å². The van der Waals surface area contributed by atoms with E-state index >= 15 is 4.39 Å². The molecule has 1 aromatic heterocycles. The molecule has 1 aliphatic heterocycles. The second-order valence-corrected chi connectivity index (χ2v) is 15.8. The highest BCUT2D eigenvalue weighted by molar-refractivity contribution is 6.99. The van der Waals surface area contributed by atoms with E-state index in [2.05, 4.69) is 50.0 Å². The summed E-state index contributed by atoms with van der Waals surface area (Å²) in [5.41, 5.74) is -1.05. The topological polar surface area (TPSA) is 96.8 Å². The molecule has 216 valence electrons. The van der Waals surface area contributed by atoms with Gasteiger partial charge in [0.2, 0.25) is 0 Å². The molecule has 2 aromatic carbocycles. The molecule has 0 amide bonds. The van der Waals surface area contributed by atoms with Gasteiger partial charge in [-0.25, -0.2) is 9.18 Å². The SMILES string of the molecule is CCCCN(O)[C@H]1[C@H](F)[C@@H](n2cc(C)c(=O)[nH]c2=O)O[C@@H]1CO[Si](c1ccccc1)(c1ccccc1)C(C)(C)C. The molecule has 2 heterocycles. The average Bonchev–Trinajstić information content (AvgIpc) is 3.25. The minimum atomic E-state index is -2.98. The molecule has 4 atom stereocenters. The second kappa shape index (κ2) is 12.3. The molecule has 0 unspecified atom stereocenters. The van der Waals surface area contributed by atoms with Crippen molar-refractivity contribution in [3.8, 4) is 0 Å². The number of alkyl halides is 1. The number of ether oxygens (including phenoxy) is 1. The summed E-state index contributed by atoms with van der Waals surface area (Å²) in [5, 5.41) is 13.8. The summed E-state index contributed by atoms with van der Waals surface area (Å²) < 4.78 is 30.4. The Morgan fingerprint density at radius 2 is 1.65 bits per heavy atom. The van der Waals surface area contributed by atoms with Gasteiger partial charge in [-0.15, -0.1) is 0 Å². The van der Waals surface area contributed by atoms with E-state index in [-0.39, 0.29) is 23.8 Å². The third kappa shape index (κ3) is 5.77. The van der Waals surface area contributed by atoms with Gasteiger partial charge in [-0.3, -0.25) is 14.3 Å². The Morgan fingerprint density at radius 3 is 2.17 bits per heavy atom. The molecule has 0 aliphatic carbocycles. The van der Waals surface area contributed by atoms with Crippen molar-refractivity contribution in [2.75, 3.05) is 13.2 Å². The maximum atomic E-state index is 16.2. The van der Waals surface area contributed by atoms with Crippen molar-refractivity contribution in [2.45, 2.75) is 77.0 Å². The number of H-pyrrole nitrogens is 1. The van der Waals surface area contributed by atoms with E-state index < -0.39 is 44.1 Å². The van der Waals surface area contributed by atoms with Crippen LogP contribution in [0.15, 0.2) is 76.4 Å². The zero-order chi connectivity index (χ0) is 29.1. The Labute approximate surface area is 235 Å². The van der Waals surface area contributed by atoms with Gasteiger partial charge in [-0.2, -0.15) is 5.06 Å². The Hall–Kier alpha value is -2.89. The van der Waals surface area contributed by atoms with Crippen LogP contribution in [0, 0.1) is 6.92 Å². The number of halogens is 1. The number of aromatic amines is 1. The Morgan fingerprint density at radius 1 is 1.07 bits per heavy atom. The van der Waals surface area contributed by atoms with Crippen molar-refractivity contribution in [3.05, 3.63) is 93.3 Å². The number of hydrogen-bond acceptors (Lipinski definition) is 6. The van der Waals surface area contributed by atoms with Crippen molar-refractivity contribution in [2.24, 2.45) is 0 Å². The molecule has 1 fully saturated rings. The number of rotatable bonds is 10. The first kappa shape index (κ1) is 30.1. The molecule has 0 radical (unpaired) electrons. The zero-order valence-corrected chi connectivity index (χ0v) is 24.8. The summed E-state index contributed by atoms with van der Waals surface area (Å²) in [5.74, 6) is 0. The van der Waals surface area contributed by atoms with Gasteiger partial charge in [-0.05, 0) is 28.8 Å². The Balaban J connectivity index is 1.76. The third-order valence-corrected chi connectivity index (χ3v) is 12.7. The lowest BCUT2D eigenvalue weighted by molar-refractivity contribution is -0.154. The van der Waals surface area contributed by atoms with Crippen LogP contribution < -0.4 is 21.6 Å². The van der Waals surface area contributed by atoms with Crippen LogP contribution in [-0.2, 0) is 9.16 Å². The molecule has 40 heavy (non-hydrogen) atoms. The largest absolute Gasteiger partial charge is 0.405 e. The normalized spacial score (nSPS) is 21.7. The number of hydroxylamine groups is 2. The highest BCUT2D eigenvalue weighted by atomic mass is 28.4. The van der Waals surface area contributed by atoms with Crippen molar-refractivity contribution < 1.29 is 18.8 Å². The summed E-state index contributed by atoms with van der Waals surface area (Å²) in [4.78, 5) is 26.8. The minimum absolute atomic E-state index is 0.00482. The molecule has 0 saturated carbocycles. The smallest absolute Gasteiger partial charge is 0.330 e. The van der Waals surface area contributed by atoms with Gasteiger partial charge in [0.15, 0.2) is 12.4 Å². The summed E-state index contributed by atoms with van der Waals surface area (Å²) >= 11 is 0. The van der Waals surface area contributed by atoms with E-state index in [0.29, 0.717) is 6.42 Å². The van der Waals surface area contributed by atoms with E-state index in [0.717, 1.165) is 26.4 Å². The molecule has 1 saturated heterocycles. The van der Waals surface area contributed by atoms with Gasteiger partial charge in [-0.1, -0.05) is 94.8 Å². The number of hydrogen-bond donors (Lipinski definition) is 2. The lowest BCUT2D eigenvalue weighted by Crippen LogP contribution is -2.67. The lowest BCUT2D eigenvalue weighted by Gasteiger charge is -2.43. The van der Waals surface area contributed by atoms with Gasteiger partial charge in [0, 0.05) is 18.3 Å². The summed E-state index contributed by atoms with van der Waals surface area (Å²) in [7, 11) is -2.98. The first-order valence-electron chi connectivity index (χ1n) is 13.8. The van der Waals surface area contributed by atoms with E-state index in [9.17, 15) is 14.8 Å². The maximum absolute atomic E-state index is 16.2. The lowest BCUT2D eigenvalue weighted by atomic mass is 10.1. The van der Waals surface area contributed by atoms with E-state index in [1.165, 1.54) is 13.1 Å². The maximum Gasteiger partial charge on any atom is 0.330 e. The van der Waals surface area contributed by atoms with Gasteiger partial charge in [0.05, 0.1) is 12.6 Å². The number of aromatic nitrogens is 2. The van der Waals surface area contributed by atoms with Crippen molar-refractivity contribution in [1.82, 2.24) is 14.6 Å². The fraction of sp³-hybridized carbons (Fsp3) is 0.467. The molecular formula is C30H40FN3O5Si. The Bertz CT molecular complexity index is 1340. The molecular weight excluding hydrogens is 529 g/mol. The minimum Gasteiger partial charge on any atom is -0.405 e. The van der Waals surface area contributed by atoms with Crippen LogP contribution in [-0.4, -0.2) is 59.6 Å². The summed E-state index contributed by atoms with van der Waals surface area (Å²) in [6.07, 6.45) is -1.21. The standard InChI is InChI=1S/C30H40FN3O5Si/c1-6-7-18-34(37)26-24(39-28(25(26)31)33-19-21(2)27(35)32-29(33)36)20-38-40(30(3,4)5,22-14-10-8-11-15-22)23-16-12-9-13-17-23/h8-17,19,24-26,28,37H,6-7,18,20H2,1-5H3,(H,32,35,36)/t24-,25+,26-,28+/m1/s1. The summed E-state index contributed by atoms with van der Waals surface area (Å²) in [6.45, 7) is 10.2. The quantitative estimate of drug-likeness (QED) is 0.287. The predicted molar refractivity (Wildman–Crippen MR) is 156 cm³/mol.